The number of para-hydroxylation sites is 2. The van der Waals surface area contributed by atoms with Gasteiger partial charge in [-0.1, -0.05) is 194 Å². The van der Waals surface area contributed by atoms with Crippen LogP contribution in [0.1, 0.15) is 22.3 Å². The average Bonchev–Trinajstić information content (AvgIpc) is 4.00. The fraction of sp³-hybridized carbons (Fsp3) is 0.0164. The minimum absolute atomic E-state index is 0.375. The Hall–Kier alpha value is -8.20. The van der Waals surface area contributed by atoms with Crippen LogP contribution < -0.4 is 4.90 Å². The molecule has 1 spiro atoms. The third-order valence-electron chi connectivity index (χ3n) is 13.5. The van der Waals surface area contributed by atoms with Gasteiger partial charge < -0.3 is 9.32 Å². The highest BCUT2D eigenvalue weighted by molar-refractivity contribution is 6.09. The van der Waals surface area contributed by atoms with E-state index in [0.717, 1.165) is 50.1 Å². The van der Waals surface area contributed by atoms with Crippen LogP contribution in [0.5, 0.6) is 0 Å². The maximum atomic E-state index is 6.44. The first-order valence-corrected chi connectivity index (χ1v) is 21.8. The van der Waals surface area contributed by atoms with Crippen molar-refractivity contribution >= 4 is 39.0 Å². The van der Waals surface area contributed by atoms with Crippen LogP contribution in [0.15, 0.2) is 241 Å². The highest BCUT2D eigenvalue weighted by atomic mass is 16.3. The van der Waals surface area contributed by atoms with Gasteiger partial charge in [-0.25, -0.2) is 0 Å². The molecule has 2 aliphatic carbocycles. The maximum Gasteiger partial charge on any atom is 0.143 e. The number of benzene rings is 10. The molecule has 0 saturated carbocycles. The fourth-order valence-corrected chi connectivity index (χ4v) is 10.8. The summed E-state index contributed by atoms with van der Waals surface area (Å²) in [5, 5.41) is 2.27. The largest absolute Gasteiger partial charge is 0.455 e. The van der Waals surface area contributed by atoms with Crippen LogP contribution in [0.2, 0.25) is 0 Å². The van der Waals surface area contributed by atoms with Crippen molar-refractivity contribution < 1.29 is 4.42 Å². The molecule has 2 nitrogen and oxygen atoms in total. The van der Waals surface area contributed by atoms with Crippen molar-refractivity contribution in [2.24, 2.45) is 0 Å². The molecule has 10 aromatic carbocycles. The zero-order chi connectivity index (χ0) is 41.5. The van der Waals surface area contributed by atoms with Gasteiger partial charge in [0.2, 0.25) is 0 Å². The number of anilines is 3. The minimum Gasteiger partial charge on any atom is -0.455 e. The molecule has 2 heteroatoms. The Bertz CT molecular complexity index is 3500. The highest BCUT2D eigenvalue weighted by Gasteiger charge is 2.51. The van der Waals surface area contributed by atoms with Gasteiger partial charge >= 0.3 is 0 Å². The predicted molar refractivity (Wildman–Crippen MR) is 261 cm³/mol. The second-order valence-corrected chi connectivity index (χ2v) is 16.7. The summed E-state index contributed by atoms with van der Waals surface area (Å²) in [6, 6.07) is 86.3. The molecule has 2 aliphatic rings. The summed E-state index contributed by atoms with van der Waals surface area (Å²) in [5.41, 5.74) is 22.4. The summed E-state index contributed by atoms with van der Waals surface area (Å²) >= 11 is 0. The summed E-state index contributed by atoms with van der Waals surface area (Å²) in [5.74, 6) is 0. The van der Waals surface area contributed by atoms with E-state index < -0.39 is 0 Å². The van der Waals surface area contributed by atoms with Gasteiger partial charge in [-0.3, -0.25) is 0 Å². The third kappa shape index (κ3) is 5.25. The Labute approximate surface area is 366 Å². The number of furan rings is 1. The lowest BCUT2D eigenvalue weighted by Crippen LogP contribution is -2.25. The van der Waals surface area contributed by atoms with Gasteiger partial charge in [0.05, 0.1) is 5.41 Å². The van der Waals surface area contributed by atoms with Crippen molar-refractivity contribution in [3.8, 4) is 55.6 Å². The molecule has 13 rings (SSSR count). The molecule has 0 N–H and O–H groups in total. The molecule has 0 aliphatic heterocycles. The summed E-state index contributed by atoms with van der Waals surface area (Å²) in [4.78, 5) is 2.36. The van der Waals surface area contributed by atoms with E-state index in [0.29, 0.717) is 0 Å². The average molecular weight is 802 g/mol. The van der Waals surface area contributed by atoms with Gasteiger partial charge in [0.1, 0.15) is 11.2 Å². The maximum absolute atomic E-state index is 6.44. The topological polar surface area (TPSA) is 16.4 Å². The van der Waals surface area contributed by atoms with Gasteiger partial charge in [-0.2, -0.15) is 0 Å². The van der Waals surface area contributed by atoms with E-state index in [1.807, 2.05) is 12.1 Å². The van der Waals surface area contributed by atoms with Crippen molar-refractivity contribution in [3.63, 3.8) is 0 Å². The van der Waals surface area contributed by atoms with Crippen molar-refractivity contribution in [3.05, 3.63) is 259 Å². The van der Waals surface area contributed by atoms with E-state index in [2.05, 4.69) is 229 Å². The first-order chi connectivity index (χ1) is 31.3. The molecule has 0 fully saturated rings. The molecule has 1 aromatic heterocycles. The molecule has 0 atom stereocenters. The van der Waals surface area contributed by atoms with Crippen molar-refractivity contribution in [2.75, 3.05) is 4.90 Å². The molecule has 11 aromatic rings. The predicted octanol–water partition coefficient (Wildman–Crippen LogP) is 16.4. The normalized spacial score (nSPS) is 12.9. The smallest absolute Gasteiger partial charge is 0.143 e. The minimum atomic E-state index is -0.375. The summed E-state index contributed by atoms with van der Waals surface area (Å²) in [6.07, 6.45) is 0. The van der Waals surface area contributed by atoms with Crippen LogP contribution in [0.3, 0.4) is 0 Å². The van der Waals surface area contributed by atoms with E-state index >= 15 is 0 Å². The molecule has 1 heterocycles. The monoisotopic (exact) mass is 801 g/mol. The quantitative estimate of drug-likeness (QED) is 0.167. The Morgan fingerprint density at radius 1 is 0.286 bits per heavy atom. The lowest BCUT2D eigenvalue weighted by atomic mass is 9.70. The van der Waals surface area contributed by atoms with Crippen molar-refractivity contribution in [1.29, 1.82) is 0 Å². The van der Waals surface area contributed by atoms with Crippen LogP contribution in [0.4, 0.5) is 17.1 Å². The molecule has 0 saturated heterocycles. The van der Waals surface area contributed by atoms with Gasteiger partial charge in [0.15, 0.2) is 0 Å². The number of nitrogens with zero attached hydrogens (tertiary/aromatic N) is 1. The number of hydrogen-bond donors (Lipinski definition) is 0. The van der Waals surface area contributed by atoms with Crippen molar-refractivity contribution in [2.45, 2.75) is 5.41 Å². The molecule has 0 radical (unpaired) electrons. The molecular weight excluding hydrogens is 763 g/mol. The van der Waals surface area contributed by atoms with Gasteiger partial charge in [0, 0.05) is 33.4 Å². The standard InChI is InChI=1S/C61H39NO/c1-2-14-40(15-3-1)41-28-34-44(35-29-41)62(46-38-32-43(33-39-46)48-21-12-22-52-51-18-7-11-27-58(51)63-60(48)52)45-36-30-42(31-37-45)47-20-13-26-57-59(47)53-19-6-10-25-56(53)61(57)54-23-8-4-16-49(54)50-17-5-9-24-55(50)61/h1-39H. The van der Waals surface area contributed by atoms with Crippen LogP contribution in [-0.4, -0.2) is 0 Å². The zero-order valence-corrected chi connectivity index (χ0v) is 34.4. The summed E-state index contributed by atoms with van der Waals surface area (Å²) < 4.78 is 6.44. The van der Waals surface area contributed by atoms with E-state index in [1.165, 1.54) is 66.8 Å². The van der Waals surface area contributed by atoms with Crippen LogP contribution >= 0.6 is 0 Å². The Kier molecular flexibility index (Phi) is 7.85. The number of hydrogen-bond acceptors (Lipinski definition) is 2. The first kappa shape index (κ1) is 35.5. The fourth-order valence-electron chi connectivity index (χ4n) is 10.8. The second-order valence-electron chi connectivity index (χ2n) is 16.7. The summed E-state index contributed by atoms with van der Waals surface area (Å²) in [7, 11) is 0. The van der Waals surface area contributed by atoms with Gasteiger partial charge in [-0.15, -0.1) is 0 Å². The molecule has 0 amide bonds. The van der Waals surface area contributed by atoms with Gasteiger partial charge in [-0.05, 0) is 115 Å². The second kappa shape index (κ2) is 13.9. The SMILES string of the molecule is c1ccc(-c2ccc(N(c3ccc(-c4cccc5c4-c4ccccc4C54c5ccccc5-c5ccccc54)cc3)c3ccc(-c4cccc5c4oc4ccccc45)cc3)cc2)cc1. The molecule has 63 heavy (non-hydrogen) atoms. The summed E-state index contributed by atoms with van der Waals surface area (Å²) in [6.45, 7) is 0. The van der Waals surface area contributed by atoms with Gasteiger partial charge in [0.25, 0.3) is 0 Å². The van der Waals surface area contributed by atoms with E-state index in [-0.39, 0.29) is 5.41 Å². The molecule has 0 bridgehead atoms. The number of rotatable bonds is 6. The Balaban J connectivity index is 0.927. The zero-order valence-electron chi connectivity index (χ0n) is 34.4. The van der Waals surface area contributed by atoms with E-state index in [1.54, 1.807) is 0 Å². The molecule has 294 valence electrons. The lowest BCUT2D eigenvalue weighted by molar-refractivity contribution is 0.670. The Morgan fingerprint density at radius 3 is 1.37 bits per heavy atom. The van der Waals surface area contributed by atoms with Crippen LogP contribution in [-0.2, 0) is 5.41 Å². The van der Waals surface area contributed by atoms with Crippen LogP contribution in [0.25, 0.3) is 77.6 Å². The third-order valence-corrected chi connectivity index (χ3v) is 13.5. The molecule has 0 unspecified atom stereocenters. The van der Waals surface area contributed by atoms with E-state index in [9.17, 15) is 0 Å². The van der Waals surface area contributed by atoms with Crippen molar-refractivity contribution in [1.82, 2.24) is 0 Å². The first-order valence-electron chi connectivity index (χ1n) is 21.8. The molecular formula is C61H39NO. The Morgan fingerprint density at radius 2 is 0.714 bits per heavy atom. The van der Waals surface area contributed by atoms with E-state index in [4.69, 9.17) is 4.42 Å². The highest BCUT2D eigenvalue weighted by Crippen LogP contribution is 2.64. The lowest BCUT2D eigenvalue weighted by Gasteiger charge is -2.30. The number of fused-ring (bicyclic) bond motifs is 13. The van der Waals surface area contributed by atoms with Crippen LogP contribution in [0, 0.1) is 0 Å².